The Labute approximate surface area is 252 Å². The minimum Gasteiger partial charge on any atom is -0.381 e. The summed E-state index contributed by atoms with van der Waals surface area (Å²) in [5.74, 6) is 0.679. The van der Waals surface area contributed by atoms with Gasteiger partial charge in [0.05, 0.1) is 15.7 Å². The second-order valence-electron chi connectivity index (χ2n) is 10.4. The highest BCUT2D eigenvalue weighted by Gasteiger charge is 2.39. The molecule has 2 heterocycles. The van der Waals surface area contributed by atoms with Crippen molar-refractivity contribution in [1.29, 1.82) is 0 Å². The number of halogens is 2. The molecule has 8 nitrogen and oxygen atoms in total. The quantitative estimate of drug-likeness (QED) is 0.322. The fourth-order valence-electron chi connectivity index (χ4n) is 5.34. The molecule has 0 aromatic heterocycles. The molecule has 41 heavy (non-hydrogen) atoms. The summed E-state index contributed by atoms with van der Waals surface area (Å²) >= 11 is 12.5. The van der Waals surface area contributed by atoms with Gasteiger partial charge in [0.25, 0.3) is 20.0 Å². The minimum absolute atomic E-state index is 0.0134. The largest absolute Gasteiger partial charge is 0.381 e. The topological polar surface area (TPSA) is 87.2 Å². The molecule has 0 radical (unpaired) electrons. The summed E-state index contributed by atoms with van der Waals surface area (Å²) in [6, 6.07) is 18.2. The van der Waals surface area contributed by atoms with E-state index in [0.29, 0.717) is 16.2 Å². The van der Waals surface area contributed by atoms with Crippen LogP contribution >= 0.6 is 23.2 Å². The first-order chi connectivity index (χ1) is 19.7. The third kappa shape index (κ3) is 6.91. The van der Waals surface area contributed by atoms with Crippen LogP contribution in [0.1, 0.15) is 18.4 Å². The number of hydrogen-bond donors (Lipinski definition) is 0. The standard InChI is InChI=1S/C29H33Cl2N3O5S2/c30-26-8-1-3-10-28(26)40(35,36)34(41(37,38)29-11-4-2-9-27(29)31)25-7-5-6-24(20-25)22-33-16-14-32(15-17-33)21-23-12-18-39-19-13-23/h1-11,20,23H,12-19,21-22H2. The van der Waals surface area contributed by atoms with Gasteiger partial charge in [-0.15, -0.1) is 0 Å². The predicted molar refractivity (Wildman–Crippen MR) is 161 cm³/mol. The summed E-state index contributed by atoms with van der Waals surface area (Å²) in [7, 11) is -9.31. The van der Waals surface area contributed by atoms with E-state index in [1.54, 1.807) is 24.3 Å². The number of ether oxygens (including phenoxy) is 1. The third-order valence-corrected chi connectivity index (χ3v) is 12.7. The number of nitrogens with zero attached hydrogens (tertiary/aromatic N) is 3. The van der Waals surface area contributed by atoms with Crippen LogP contribution in [0.2, 0.25) is 10.0 Å². The number of rotatable bonds is 9. The zero-order chi connectivity index (χ0) is 29.0. The van der Waals surface area contributed by atoms with Gasteiger partial charge in [0, 0.05) is 52.5 Å². The van der Waals surface area contributed by atoms with E-state index in [-0.39, 0.29) is 25.5 Å². The van der Waals surface area contributed by atoms with Crippen molar-refractivity contribution in [3.63, 3.8) is 0 Å². The van der Waals surface area contributed by atoms with Crippen LogP contribution < -0.4 is 3.71 Å². The van der Waals surface area contributed by atoms with E-state index >= 15 is 0 Å². The zero-order valence-corrected chi connectivity index (χ0v) is 25.7. The average Bonchev–Trinajstić information content (AvgIpc) is 2.95. The van der Waals surface area contributed by atoms with Crippen molar-refractivity contribution in [3.05, 3.63) is 88.4 Å². The molecule has 0 atom stereocenters. The molecule has 3 aromatic carbocycles. The molecule has 12 heteroatoms. The van der Waals surface area contributed by atoms with Crippen LogP contribution in [0, 0.1) is 5.92 Å². The highest BCUT2D eigenvalue weighted by molar-refractivity contribution is 8.10. The van der Waals surface area contributed by atoms with Crippen LogP contribution in [0.4, 0.5) is 5.69 Å². The van der Waals surface area contributed by atoms with Crippen molar-refractivity contribution < 1.29 is 21.6 Å². The van der Waals surface area contributed by atoms with Crippen LogP contribution in [0.25, 0.3) is 0 Å². The van der Waals surface area contributed by atoms with E-state index < -0.39 is 20.0 Å². The molecular weight excluding hydrogens is 605 g/mol. The molecule has 5 rings (SSSR count). The lowest BCUT2D eigenvalue weighted by Crippen LogP contribution is -2.47. The Hall–Kier alpha value is -2.18. The monoisotopic (exact) mass is 637 g/mol. The van der Waals surface area contributed by atoms with Crippen LogP contribution in [-0.2, 0) is 31.3 Å². The second kappa shape index (κ2) is 13.0. The maximum absolute atomic E-state index is 14.0. The van der Waals surface area contributed by atoms with E-state index in [1.807, 2.05) is 6.07 Å². The Morgan fingerprint density at radius 3 is 1.83 bits per heavy atom. The fourth-order valence-corrected chi connectivity index (χ4v) is 9.99. The first-order valence-electron chi connectivity index (χ1n) is 13.6. The molecule has 0 unspecified atom stereocenters. The first kappa shape index (κ1) is 30.3. The summed E-state index contributed by atoms with van der Waals surface area (Å²) in [6.07, 6.45) is 2.22. The maximum Gasteiger partial charge on any atom is 0.279 e. The Morgan fingerprint density at radius 1 is 0.732 bits per heavy atom. The summed E-state index contributed by atoms with van der Waals surface area (Å²) in [4.78, 5) is 4.16. The lowest BCUT2D eigenvalue weighted by molar-refractivity contribution is 0.0415. The molecule has 0 bridgehead atoms. The molecule has 2 saturated heterocycles. The van der Waals surface area contributed by atoms with Gasteiger partial charge in [0.1, 0.15) is 9.79 Å². The van der Waals surface area contributed by atoms with E-state index in [2.05, 4.69) is 9.80 Å². The molecule has 0 spiro atoms. The lowest BCUT2D eigenvalue weighted by atomic mass is 9.99. The summed E-state index contributed by atoms with van der Waals surface area (Å²) in [5.41, 5.74) is 0.787. The van der Waals surface area contributed by atoms with Crippen LogP contribution in [0.15, 0.2) is 82.6 Å². The van der Waals surface area contributed by atoms with Gasteiger partial charge in [-0.2, -0.15) is 20.5 Å². The van der Waals surface area contributed by atoms with E-state index in [9.17, 15) is 16.8 Å². The maximum atomic E-state index is 14.0. The molecule has 0 saturated carbocycles. The van der Waals surface area contributed by atoms with Crippen molar-refractivity contribution >= 4 is 48.9 Å². The van der Waals surface area contributed by atoms with Crippen LogP contribution in [0.3, 0.4) is 0 Å². The molecule has 2 fully saturated rings. The Kier molecular flexibility index (Phi) is 9.60. The predicted octanol–water partition coefficient (Wildman–Crippen LogP) is 5.12. The van der Waals surface area contributed by atoms with E-state index in [4.69, 9.17) is 27.9 Å². The third-order valence-electron chi connectivity index (χ3n) is 7.52. The number of piperazine rings is 1. The molecule has 0 aliphatic carbocycles. The van der Waals surface area contributed by atoms with Crippen LogP contribution in [0.5, 0.6) is 0 Å². The summed E-state index contributed by atoms with van der Waals surface area (Å²) < 4.78 is 61.9. The first-order valence-corrected chi connectivity index (χ1v) is 17.2. The van der Waals surface area contributed by atoms with Gasteiger partial charge in [0.2, 0.25) is 0 Å². The number of anilines is 1. The SMILES string of the molecule is O=S(=O)(c1ccccc1Cl)N(c1cccc(CN2CCN(CC3CCOCC3)CC2)c1)S(=O)(=O)c1ccccc1Cl. The van der Waals surface area contributed by atoms with E-state index in [1.165, 1.54) is 42.5 Å². The molecule has 0 N–H and O–H groups in total. The van der Waals surface area contributed by atoms with Gasteiger partial charge < -0.3 is 9.64 Å². The van der Waals surface area contributed by atoms with Gasteiger partial charge in [-0.1, -0.05) is 59.6 Å². The Bertz CT molecular complexity index is 1500. The van der Waals surface area contributed by atoms with Gasteiger partial charge >= 0.3 is 0 Å². The average molecular weight is 639 g/mol. The lowest BCUT2D eigenvalue weighted by Gasteiger charge is -2.37. The number of sulfonamides is 2. The Morgan fingerprint density at radius 2 is 1.27 bits per heavy atom. The molecule has 3 aromatic rings. The zero-order valence-electron chi connectivity index (χ0n) is 22.5. The smallest absolute Gasteiger partial charge is 0.279 e. The summed E-state index contributed by atoms with van der Waals surface area (Å²) in [5, 5.41) is -0.164. The number of benzene rings is 3. The van der Waals surface area contributed by atoms with Gasteiger partial charge in [0.15, 0.2) is 0 Å². The van der Waals surface area contributed by atoms with E-state index in [0.717, 1.165) is 64.3 Å². The van der Waals surface area contributed by atoms with Crippen molar-refractivity contribution in [2.75, 3.05) is 49.6 Å². The van der Waals surface area contributed by atoms with Crippen molar-refractivity contribution in [1.82, 2.24) is 9.80 Å². The van der Waals surface area contributed by atoms with Crippen molar-refractivity contribution in [2.45, 2.75) is 29.2 Å². The highest BCUT2D eigenvalue weighted by atomic mass is 35.5. The summed E-state index contributed by atoms with van der Waals surface area (Å²) in [6.45, 7) is 6.97. The number of hydrogen-bond acceptors (Lipinski definition) is 7. The normalized spacial score (nSPS) is 17.9. The van der Waals surface area contributed by atoms with Gasteiger partial charge in [-0.05, 0) is 60.7 Å². The Balaban J connectivity index is 1.41. The highest BCUT2D eigenvalue weighted by Crippen LogP contribution is 2.36. The molecule has 2 aliphatic heterocycles. The molecular formula is C29H33Cl2N3O5S2. The van der Waals surface area contributed by atoms with Crippen molar-refractivity contribution in [2.24, 2.45) is 5.92 Å². The molecule has 0 amide bonds. The second-order valence-corrected chi connectivity index (χ2v) is 14.9. The van der Waals surface area contributed by atoms with Crippen molar-refractivity contribution in [3.8, 4) is 0 Å². The molecule has 220 valence electrons. The van der Waals surface area contributed by atoms with Gasteiger partial charge in [-0.3, -0.25) is 4.90 Å². The minimum atomic E-state index is -4.65. The molecule has 2 aliphatic rings. The van der Waals surface area contributed by atoms with Crippen LogP contribution in [-0.4, -0.2) is 72.6 Å². The van der Waals surface area contributed by atoms with Gasteiger partial charge in [-0.25, -0.2) is 0 Å². The fraction of sp³-hybridized carbons (Fsp3) is 0.379.